The minimum atomic E-state index is -0.116. The number of rotatable bonds is 9. The van der Waals surface area contributed by atoms with E-state index in [1.165, 1.54) is 0 Å². The number of benzene rings is 3. The van der Waals surface area contributed by atoms with E-state index in [0.717, 1.165) is 57.7 Å². The minimum absolute atomic E-state index is 0.0189. The number of nitrogens with one attached hydrogen (secondary N) is 1. The van der Waals surface area contributed by atoms with E-state index in [1.54, 1.807) is 6.20 Å². The molecule has 39 heavy (non-hydrogen) atoms. The molecule has 1 N–H and O–H groups in total. The van der Waals surface area contributed by atoms with Gasteiger partial charge in [0, 0.05) is 40.7 Å². The van der Waals surface area contributed by atoms with Crippen LogP contribution in [0.3, 0.4) is 0 Å². The first-order chi connectivity index (χ1) is 19.1. The number of carbonyl (C=O) groups is 1. The third kappa shape index (κ3) is 5.41. The van der Waals surface area contributed by atoms with Crippen molar-refractivity contribution in [3.63, 3.8) is 0 Å². The number of carbonyl (C=O) groups excluding carboxylic acids is 1. The van der Waals surface area contributed by atoms with Gasteiger partial charge in [-0.05, 0) is 67.3 Å². The molecule has 2 heterocycles. The summed E-state index contributed by atoms with van der Waals surface area (Å²) in [6.07, 6.45) is 5.64. The lowest BCUT2D eigenvalue weighted by Gasteiger charge is -2.09. The van der Waals surface area contributed by atoms with Crippen molar-refractivity contribution in [1.82, 2.24) is 14.8 Å². The fourth-order valence-electron chi connectivity index (χ4n) is 4.98. The molecule has 1 fully saturated rings. The molecule has 6 heteroatoms. The largest absolute Gasteiger partial charge is 0.494 e. The van der Waals surface area contributed by atoms with Gasteiger partial charge < -0.3 is 10.1 Å². The molecular weight excluding hydrogens is 484 g/mol. The minimum Gasteiger partial charge on any atom is -0.494 e. The van der Waals surface area contributed by atoms with Gasteiger partial charge >= 0.3 is 0 Å². The molecule has 196 valence electrons. The fourth-order valence-corrected chi connectivity index (χ4v) is 4.98. The quantitative estimate of drug-likeness (QED) is 0.224. The van der Waals surface area contributed by atoms with E-state index in [4.69, 9.17) is 9.84 Å². The van der Waals surface area contributed by atoms with Gasteiger partial charge in [0.2, 0.25) is 5.91 Å². The molecule has 3 aromatic carbocycles. The maximum absolute atomic E-state index is 13.3. The molecule has 1 amide bonds. The molecule has 1 aliphatic carbocycles. The van der Waals surface area contributed by atoms with Crippen LogP contribution in [0.4, 0.5) is 5.69 Å². The Morgan fingerprint density at radius 2 is 1.79 bits per heavy atom. The zero-order valence-corrected chi connectivity index (χ0v) is 22.2. The molecule has 6 nitrogen and oxygen atoms in total. The third-order valence-electron chi connectivity index (χ3n) is 7.27. The van der Waals surface area contributed by atoms with Gasteiger partial charge in [-0.3, -0.25) is 9.78 Å². The smallest absolute Gasteiger partial charge is 0.228 e. The van der Waals surface area contributed by atoms with Crippen LogP contribution >= 0.6 is 0 Å². The molecule has 1 aliphatic rings. The molecule has 5 aromatic rings. The van der Waals surface area contributed by atoms with Gasteiger partial charge in [-0.15, -0.1) is 0 Å². The van der Waals surface area contributed by atoms with Crippen LogP contribution in [0.5, 0.6) is 5.75 Å². The topological polar surface area (TPSA) is 69.0 Å². The zero-order chi connectivity index (χ0) is 26.8. The van der Waals surface area contributed by atoms with Crippen LogP contribution in [0.1, 0.15) is 38.2 Å². The van der Waals surface area contributed by atoms with Crippen LogP contribution in [0, 0.1) is 11.8 Å². The SMILES string of the molecule is CC(C)CCOc1ccc(-c2nn(-c3ccccc3)cc2C2CC2C(=O)Nc2cccc3cccnc23)cc1. The van der Waals surface area contributed by atoms with E-state index in [-0.39, 0.29) is 17.7 Å². The summed E-state index contributed by atoms with van der Waals surface area (Å²) in [5.41, 5.74) is 5.54. The van der Waals surface area contributed by atoms with E-state index in [0.29, 0.717) is 12.5 Å². The molecule has 1 saturated carbocycles. The van der Waals surface area contributed by atoms with Gasteiger partial charge in [0.05, 0.1) is 29.2 Å². The van der Waals surface area contributed by atoms with Crippen molar-refractivity contribution in [3.05, 3.63) is 103 Å². The Hall–Kier alpha value is -4.45. The second-order valence-electron chi connectivity index (χ2n) is 10.6. The van der Waals surface area contributed by atoms with Crippen LogP contribution < -0.4 is 10.1 Å². The number of hydrogen-bond donors (Lipinski definition) is 1. The van der Waals surface area contributed by atoms with E-state index in [1.807, 2.05) is 77.5 Å². The molecule has 0 saturated heterocycles. The highest BCUT2D eigenvalue weighted by molar-refractivity contribution is 6.02. The van der Waals surface area contributed by atoms with Crippen LogP contribution in [-0.4, -0.2) is 27.3 Å². The number of fused-ring (bicyclic) bond motifs is 1. The number of amides is 1. The maximum atomic E-state index is 13.3. The van der Waals surface area contributed by atoms with Crippen molar-refractivity contribution in [2.75, 3.05) is 11.9 Å². The second-order valence-corrected chi connectivity index (χ2v) is 10.6. The van der Waals surface area contributed by atoms with Crippen LogP contribution in [-0.2, 0) is 4.79 Å². The molecule has 0 spiro atoms. The van der Waals surface area contributed by atoms with Gasteiger partial charge in [-0.2, -0.15) is 5.10 Å². The summed E-state index contributed by atoms with van der Waals surface area (Å²) in [6.45, 7) is 5.10. The highest BCUT2D eigenvalue weighted by atomic mass is 16.5. The van der Waals surface area contributed by atoms with Crippen LogP contribution in [0.2, 0.25) is 0 Å². The standard InChI is InChI=1S/C33H32N4O2/c1-22(2)17-19-39-26-15-13-24(14-16-26)31-29(21-37(36-31)25-10-4-3-5-11-25)27-20-28(27)33(38)35-30-12-6-8-23-9-7-18-34-32(23)30/h3-16,18,21-22,27-28H,17,19-20H2,1-2H3,(H,35,38). The molecule has 0 bridgehead atoms. The van der Waals surface area contributed by atoms with Gasteiger partial charge in [0.1, 0.15) is 5.75 Å². The van der Waals surface area contributed by atoms with Crippen molar-refractivity contribution in [1.29, 1.82) is 0 Å². The summed E-state index contributed by atoms with van der Waals surface area (Å²) in [6, 6.07) is 28.0. The van der Waals surface area contributed by atoms with Crippen molar-refractivity contribution in [2.24, 2.45) is 11.8 Å². The summed E-state index contributed by atoms with van der Waals surface area (Å²) in [5.74, 6) is 1.47. The predicted molar refractivity (Wildman–Crippen MR) is 155 cm³/mol. The second kappa shape index (κ2) is 10.7. The van der Waals surface area contributed by atoms with E-state index >= 15 is 0 Å². The van der Waals surface area contributed by atoms with Crippen molar-refractivity contribution in [3.8, 4) is 22.7 Å². The number of pyridine rings is 1. The monoisotopic (exact) mass is 516 g/mol. The number of aromatic nitrogens is 3. The molecule has 2 aromatic heterocycles. The number of ether oxygens (including phenoxy) is 1. The van der Waals surface area contributed by atoms with Crippen LogP contribution in [0.15, 0.2) is 97.3 Å². The maximum Gasteiger partial charge on any atom is 0.228 e. The summed E-state index contributed by atoms with van der Waals surface area (Å²) < 4.78 is 7.84. The Labute approximate surface area is 228 Å². The van der Waals surface area contributed by atoms with Gasteiger partial charge in [0.15, 0.2) is 0 Å². The van der Waals surface area contributed by atoms with Crippen molar-refractivity contribution in [2.45, 2.75) is 32.6 Å². The zero-order valence-electron chi connectivity index (χ0n) is 22.2. The first-order valence-electron chi connectivity index (χ1n) is 13.6. The lowest BCUT2D eigenvalue weighted by atomic mass is 10.0. The first-order valence-corrected chi connectivity index (χ1v) is 13.6. The Bertz CT molecular complexity index is 1590. The number of nitrogens with zero attached hydrogens (tertiary/aromatic N) is 3. The van der Waals surface area contributed by atoms with Crippen molar-refractivity contribution < 1.29 is 9.53 Å². The van der Waals surface area contributed by atoms with E-state index < -0.39 is 0 Å². The Kier molecular flexibility index (Phi) is 6.84. The Balaban J connectivity index is 1.25. The highest BCUT2D eigenvalue weighted by Gasteiger charge is 2.46. The highest BCUT2D eigenvalue weighted by Crippen LogP contribution is 2.51. The predicted octanol–water partition coefficient (Wildman–Crippen LogP) is 7.25. The Morgan fingerprint density at radius 3 is 2.59 bits per heavy atom. The summed E-state index contributed by atoms with van der Waals surface area (Å²) in [4.78, 5) is 17.8. The van der Waals surface area contributed by atoms with Gasteiger partial charge in [-0.25, -0.2) is 4.68 Å². The number of para-hydroxylation sites is 2. The average molecular weight is 517 g/mol. The summed E-state index contributed by atoms with van der Waals surface area (Å²) in [5, 5.41) is 9.12. The molecule has 6 rings (SSSR count). The average Bonchev–Trinajstić information content (AvgIpc) is 3.64. The first kappa shape index (κ1) is 24.9. The molecule has 2 unspecified atom stereocenters. The molecule has 0 radical (unpaired) electrons. The fraction of sp³-hybridized carbons (Fsp3) is 0.242. The number of anilines is 1. The Morgan fingerprint density at radius 1 is 1.00 bits per heavy atom. The molecular formula is C33H32N4O2. The van der Waals surface area contributed by atoms with Crippen molar-refractivity contribution >= 4 is 22.5 Å². The van der Waals surface area contributed by atoms with E-state index in [2.05, 4.69) is 42.5 Å². The summed E-state index contributed by atoms with van der Waals surface area (Å²) >= 11 is 0. The third-order valence-corrected chi connectivity index (χ3v) is 7.27. The number of hydrogen-bond acceptors (Lipinski definition) is 4. The normalized spacial score (nSPS) is 16.4. The summed E-state index contributed by atoms with van der Waals surface area (Å²) in [7, 11) is 0. The van der Waals surface area contributed by atoms with E-state index in [9.17, 15) is 4.79 Å². The van der Waals surface area contributed by atoms with Gasteiger partial charge in [-0.1, -0.05) is 50.2 Å². The van der Waals surface area contributed by atoms with Crippen LogP contribution in [0.25, 0.3) is 27.8 Å². The lowest BCUT2D eigenvalue weighted by Crippen LogP contribution is -2.15. The molecule has 0 aliphatic heterocycles. The van der Waals surface area contributed by atoms with Gasteiger partial charge in [0.25, 0.3) is 0 Å². The molecule has 2 atom stereocenters. The lowest BCUT2D eigenvalue weighted by molar-refractivity contribution is -0.117.